The van der Waals surface area contributed by atoms with Gasteiger partial charge in [-0.25, -0.2) is 0 Å². The molecule has 1 aliphatic heterocycles. The zero-order chi connectivity index (χ0) is 16.7. The fourth-order valence-corrected chi connectivity index (χ4v) is 4.40. The third-order valence-corrected chi connectivity index (χ3v) is 5.66. The lowest BCUT2D eigenvalue weighted by molar-refractivity contribution is -0.122. The number of amides is 1. The molecule has 1 saturated carbocycles. The summed E-state index contributed by atoms with van der Waals surface area (Å²) in [6, 6.07) is 6.39. The van der Waals surface area contributed by atoms with Gasteiger partial charge in [0.2, 0.25) is 5.91 Å². The number of fused-ring (bicyclic) bond motifs is 3. The van der Waals surface area contributed by atoms with E-state index in [4.69, 9.17) is 11.6 Å². The molecule has 128 valence electrons. The number of carbonyl (C=O) groups excluding carboxylic acids is 1. The van der Waals surface area contributed by atoms with Crippen molar-refractivity contribution in [1.29, 1.82) is 0 Å². The van der Waals surface area contributed by atoms with Crippen molar-refractivity contribution in [1.82, 2.24) is 14.8 Å². The Hall–Kier alpha value is -1.52. The van der Waals surface area contributed by atoms with Crippen molar-refractivity contribution in [2.45, 2.75) is 51.2 Å². The molecule has 2 aliphatic rings. The van der Waals surface area contributed by atoms with Gasteiger partial charge in [0.15, 0.2) is 0 Å². The molecule has 1 aromatic heterocycles. The van der Waals surface area contributed by atoms with Crippen LogP contribution in [0.1, 0.15) is 36.9 Å². The second-order valence-corrected chi connectivity index (χ2v) is 7.65. The van der Waals surface area contributed by atoms with Gasteiger partial charge in [0.05, 0.1) is 0 Å². The molecule has 1 aliphatic carbocycles. The molecule has 1 fully saturated rings. The topological polar surface area (TPSA) is 37.3 Å². The molecule has 0 saturated heterocycles. The smallest absolute Gasteiger partial charge is 0.240 e. The Morgan fingerprint density at radius 1 is 1.33 bits per heavy atom. The maximum absolute atomic E-state index is 12.6. The molecule has 0 unspecified atom stereocenters. The molecule has 1 N–H and O–H groups in total. The van der Waals surface area contributed by atoms with Crippen LogP contribution in [0.4, 0.5) is 0 Å². The fourth-order valence-electron chi connectivity index (χ4n) is 4.22. The number of halogens is 1. The average molecular weight is 346 g/mol. The highest BCUT2D eigenvalue weighted by atomic mass is 35.5. The number of nitrogens with zero attached hydrogens (tertiary/aromatic N) is 2. The minimum absolute atomic E-state index is 0.135. The van der Waals surface area contributed by atoms with Crippen LogP contribution in [-0.2, 0) is 24.3 Å². The summed E-state index contributed by atoms with van der Waals surface area (Å²) in [5, 5.41) is 5.16. The van der Waals surface area contributed by atoms with Crippen LogP contribution < -0.4 is 5.32 Å². The predicted molar refractivity (Wildman–Crippen MR) is 97.4 cm³/mol. The van der Waals surface area contributed by atoms with E-state index in [0.717, 1.165) is 42.9 Å². The average Bonchev–Trinajstić information content (AvgIpc) is 3.15. The van der Waals surface area contributed by atoms with Gasteiger partial charge in [-0.3, -0.25) is 4.79 Å². The lowest BCUT2D eigenvalue weighted by Gasteiger charge is -2.24. The van der Waals surface area contributed by atoms with Gasteiger partial charge in [-0.2, -0.15) is 0 Å². The first-order valence-corrected chi connectivity index (χ1v) is 9.27. The number of rotatable bonds is 3. The SMILES string of the molecule is CN1CCc2c(c3cc(Cl)ccc3n2CC(=O)NC2CCCC2)C1. The van der Waals surface area contributed by atoms with Crippen LogP contribution in [0.5, 0.6) is 0 Å². The molecule has 0 bridgehead atoms. The molecule has 4 rings (SSSR count). The number of hydrogen-bond donors (Lipinski definition) is 1. The van der Waals surface area contributed by atoms with E-state index in [1.807, 2.05) is 12.1 Å². The number of carbonyl (C=O) groups is 1. The van der Waals surface area contributed by atoms with Crippen molar-refractivity contribution >= 4 is 28.4 Å². The summed E-state index contributed by atoms with van der Waals surface area (Å²) in [4.78, 5) is 14.9. The van der Waals surface area contributed by atoms with Gasteiger partial charge in [-0.05, 0) is 43.7 Å². The first kappa shape index (κ1) is 16.0. The van der Waals surface area contributed by atoms with Crippen LogP contribution in [0.3, 0.4) is 0 Å². The standard InChI is InChI=1S/C19H24ClN3O/c1-22-9-8-18-16(11-22)15-10-13(20)6-7-17(15)23(18)12-19(24)21-14-4-2-3-5-14/h6-7,10,14H,2-5,8-9,11-12H2,1H3,(H,21,24). The number of hydrogen-bond acceptors (Lipinski definition) is 2. The maximum Gasteiger partial charge on any atom is 0.240 e. The van der Waals surface area contributed by atoms with Gasteiger partial charge in [0.25, 0.3) is 0 Å². The highest BCUT2D eigenvalue weighted by molar-refractivity contribution is 6.31. The van der Waals surface area contributed by atoms with Crippen molar-refractivity contribution in [2.75, 3.05) is 13.6 Å². The highest BCUT2D eigenvalue weighted by Crippen LogP contribution is 2.32. The molecular weight excluding hydrogens is 322 g/mol. The third kappa shape index (κ3) is 2.93. The largest absolute Gasteiger partial charge is 0.352 e. The van der Waals surface area contributed by atoms with Gasteiger partial charge >= 0.3 is 0 Å². The first-order chi connectivity index (χ1) is 11.6. The summed E-state index contributed by atoms with van der Waals surface area (Å²) >= 11 is 6.22. The molecule has 5 heteroatoms. The lowest BCUT2D eigenvalue weighted by atomic mass is 10.1. The molecule has 1 amide bonds. The van der Waals surface area contributed by atoms with Crippen LogP contribution in [0.25, 0.3) is 10.9 Å². The summed E-state index contributed by atoms with van der Waals surface area (Å²) in [5.74, 6) is 0.135. The van der Waals surface area contributed by atoms with E-state index in [2.05, 4.69) is 27.9 Å². The second kappa shape index (κ2) is 6.41. The normalized spacial score (nSPS) is 18.9. The minimum atomic E-state index is 0.135. The molecule has 0 atom stereocenters. The first-order valence-electron chi connectivity index (χ1n) is 8.89. The van der Waals surface area contributed by atoms with Gasteiger partial charge in [0.1, 0.15) is 6.54 Å². The van der Waals surface area contributed by atoms with Crippen molar-refractivity contribution in [3.05, 3.63) is 34.5 Å². The third-order valence-electron chi connectivity index (χ3n) is 5.43. The van der Waals surface area contributed by atoms with Gasteiger partial charge < -0.3 is 14.8 Å². The van der Waals surface area contributed by atoms with E-state index < -0.39 is 0 Å². The summed E-state index contributed by atoms with van der Waals surface area (Å²) in [7, 11) is 2.14. The van der Waals surface area contributed by atoms with Gasteiger partial charge in [0, 0.05) is 47.2 Å². The molecule has 2 aromatic rings. The molecule has 2 heterocycles. The van der Waals surface area contributed by atoms with Crippen LogP contribution in [0.15, 0.2) is 18.2 Å². The minimum Gasteiger partial charge on any atom is -0.352 e. The zero-order valence-corrected chi connectivity index (χ0v) is 14.9. The maximum atomic E-state index is 12.6. The number of nitrogens with one attached hydrogen (secondary N) is 1. The van der Waals surface area contributed by atoms with E-state index >= 15 is 0 Å². The molecule has 0 radical (unpaired) electrons. The van der Waals surface area contributed by atoms with Crippen molar-refractivity contribution in [3.8, 4) is 0 Å². The number of likely N-dealkylation sites (N-methyl/N-ethyl adjacent to an activating group) is 1. The Balaban J connectivity index is 1.68. The Bertz CT molecular complexity index is 777. The monoisotopic (exact) mass is 345 g/mol. The van der Waals surface area contributed by atoms with Crippen LogP contribution in [-0.4, -0.2) is 35.0 Å². The Kier molecular flexibility index (Phi) is 4.27. The molecule has 24 heavy (non-hydrogen) atoms. The second-order valence-electron chi connectivity index (χ2n) is 7.21. The van der Waals surface area contributed by atoms with Crippen molar-refractivity contribution in [2.24, 2.45) is 0 Å². The molecule has 1 aromatic carbocycles. The summed E-state index contributed by atoms with van der Waals surface area (Å²) in [6.07, 6.45) is 5.69. The highest BCUT2D eigenvalue weighted by Gasteiger charge is 2.24. The predicted octanol–water partition coefficient (Wildman–Crippen LogP) is 3.34. The van der Waals surface area contributed by atoms with Gasteiger partial charge in [-0.15, -0.1) is 0 Å². The molecule has 0 spiro atoms. The molecular formula is C19H24ClN3O. The van der Waals surface area contributed by atoms with E-state index in [1.54, 1.807) is 0 Å². The summed E-state index contributed by atoms with van der Waals surface area (Å²) in [6.45, 7) is 2.36. The Labute approximate surface area is 147 Å². The Morgan fingerprint density at radius 3 is 2.92 bits per heavy atom. The summed E-state index contributed by atoms with van der Waals surface area (Å²) in [5.41, 5.74) is 3.75. The number of aromatic nitrogens is 1. The molecule has 4 nitrogen and oxygen atoms in total. The van der Waals surface area contributed by atoms with Crippen LogP contribution in [0.2, 0.25) is 5.02 Å². The van der Waals surface area contributed by atoms with Crippen molar-refractivity contribution in [3.63, 3.8) is 0 Å². The Morgan fingerprint density at radius 2 is 2.12 bits per heavy atom. The number of benzene rings is 1. The van der Waals surface area contributed by atoms with Crippen molar-refractivity contribution < 1.29 is 4.79 Å². The zero-order valence-electron chi connectivity index (χ0n) is 14.1. The van der Waals surface area contributed by atoms with E-state index in [-0.39, 0.29) is 5.91 Å². The van der Waals surface area contributed by atoms with Crippen LogP contribution >= 0.6 is 11.6 Å². The van der Waals surface area contributed by atoms with Crippen LogP contribution in [0, 0.1) is 0 Å². The van der Waals surface area contributed by atoms with E-state index in [0.29, 0.717) is 12.6 Å². The summed E-state index contributed by atoms with van der Waals surface area (Å²) < 4.78 is 2.21. The quantitative estimate of drug-likeness (QED) is 0.926. The fraction of sp³-hybridized carbons (Fsp3) is 0.526. The lowest BCUT2D eigenvalue weighted by Crippen LogP contribution is -2.36. The van der Waals surface area contributed by atoms with Gasteiger partial charge in [-0.1, -0.05) is 24.4 Å². The van der Waals surface area contributed by atoms with E-state index in [9.17, 15) is 4.79 Å². The van der Waals surface area contributed by atoms with E-state index in [1.165, 1.54) is 29.5 Å².